The lowest BCUT2D eigenvalue weighted by Gasteiger charge is -2.23. The molecule has 1 aromatic carbocycles. The fourth-order valence-electron chi connectivity index (χ4n) is 3.07. The Labute approximate surface area is 192 Å². The van der Waals surface area contributed by atoms with Crippen LogP contribution in [0, 0.1) is 0 Å². The van der Waals surface area contributed by atoms with Gasteiger partial charge in [0, 0.05) is 39.4 Å². The van der Waals surface area contributed by atoms with E-state index in [-0.39, 0.29) is 36.1 Å². The first-order valence-corrected chi connectivity index (χ1v) is 9.97. The van der Waals surface area contributed by atoms with Crippen molar-refractivity contribution in [3.63, 3.8) is 0 Å². The summed E-state index contributed by atoms with van der Waals surface area (Å²) in [5, 5.41) is 6.33. The van der Waals surface area contributed by atoms with Crippen molar-refractivity contribution in [3.05, 3.63) is 29.8 Å². The minimum Gasteiger partial charge on any atom is -0.444 e. The van der Waals surface area contributed by atoms with E-state index in [1.165, 1.54) is 11.3 Å². The van der Waals surface area contributed by atoms with Crippen LogP contribution in [0.1, 0.15) is 39.7 Å². The number of aliphatic imine (C=N–C) groups is 1. The Kier molecular flexibility index (Phi) is 10.0. The van der Waals surface area contributed by atoms with E-state index >= 15 is 0 Å². The van der Waals surface area contributed by atoms with Gasteiger partial charge in [0.2, 0.25) is 0 Å². The second-order valence-corrected chi connectivity index (χ2v) is 8.31. The topological polar surface area (TPSA) is 69.2 Å². The minimum absolute atomic E-state index is 0. The molecule has 1 aliphatic heterocycles. The summed E-state index contributed by atoms with van der Waals surface area (Å²) >= 11 is 0. The number of hydrogen-bond donors (Lipinski definition) is 2. The second-order valence-electron chi connectivity index (χ2n) is 8.31. The van der Waals surface area contributed by atoms with Crippen molar-refractivity contribution in [2.24, 2.45) is 4.99 Å². The molecule has 1 fully saturated rings. The molecule has 8 heteroatoms. The molecular formula is C21H36IN5O2. The lowest BCUT2D eigenvalue weighted by Crippen LogP contribution is -2.44. The van der Waals surface area contributed by atoms with E-state index in [1.54, 1.807) is 0 Å². The fourth-order valence-corrected chi connectivity index (χ4v) is 3.07. The predicted molar refractivity (Wildman–Crippen MR) is 130 cm³/mol. The van der Waals surface area contributed by atoms with Gasteiger partial charge in [0.1, 0.15) is 5.60 Å². The Morgan fingerprint density at radius 2 is 2.07 bits per heavy atom. The Balaban J connectivity index is 0.00000420. The van der Waals surface area contributed by atoms with Gasteiger partial charge in [-0.1, -0.05) is 12.1 Å². The molecule has 0 aromatic heterocycles. The molecule has 7 nitrogen and oxygen atoms in total. The van der Waals surface area contributed by atoms with E-state index in [2.05, 4.69) is 51.6 Å². The van der Waals surface area contributed by atoms with E-state index in [1.807, 2.05) is 34.9 Å². The highest BCUT2D eigenvalue weighted by Crippen LogP contribution is 2.15. The number of nitrogens with one attached hydrogen (secondary N) is 2. The molecule has 1 atom stereocenters. The Morgan fingerprint density at radius 3 is 2.69 bits per heavy atom. The molecule has 2 N–H and O–H groups in total. The Morgan fingerprint density at radius 1 is 1.34 bits per heavy atom. The average molecular weight is 517 g/mol. The molecular weight excluding hydrogens is 481 g/mol. The van der Waals surface area contributed by atoms with Crippen LogP contribution in [0.4, 0.5) is 10.5 Å². The van der Waals surface area contributed by atoms with Crippen molar-refractivity contribution in [1.82, 2.24) is 15.5 Å². The summed E-state index contributed by atoms with van der Waals surface area (Å²) in [6.45, 7) is 10.7. The third-order valence-corrected chi connectivity index (χ3v) is 4.38. The van der Waals surface area contributed by atoms with Crippen LogP contribution in [0.25, 0.3) is 0 Å². The molecule has 29 heavy (non-hydrogen) atoms. The summed E-state index contributed by atoms with van der Waals surface area (Å²) in [6, 6.07) is 8.46. The molecule has 1 heterocycles. The number of hydrogen-bond acceptors (Lipinski definition) is 4. The minimum atomic E-state index is -0.486. The first-order valence-electron chi connectivity index (χ1n) is 9.97. The molecule has 0 saturated carbocycles. The summed E-state index contributed by atoms with van der Waals surface area (Å²) in [5.74, 6) is 0.881. The summed E-state index contributed by atoms with van der Waals surface area (Å²) in [4.78, 5) is 21.1. The molecule has 1 aliphatic rings. The lowest BCUT2D eigenvalue weighted by molar-refractivity contribution is 0.0507. The number of carbonyl (C=O) groups is 1. The number of carbonyl (C=O) groups excluding carboxylic acids is 1. The number of halogens is 1. The van der Waals surface area contributed by atoms with Gasteiger partial charge in [0.05, 0.1) is 12.6 Å². The summed E-state index contributed by atoms with van der Waals surface area (Å²) in [7, 11) is 4.07. The zero-order valence-electron chi connectivity index (χ0n) is 18.5. The standard InChI is InChI=1S/C21H35N5O2.HI/c1-7-22-19(23-14-16-9-8-10-18(13-16)25(5)6)26-12-11-17(15-26)24-20(27)28-21(2,3)4;/h8-10,13,17H,7,11-12,14-15H2,1-6H3,(H,22,23)(H,24,27);1H. The number of amides is 1. The maximum absolute atomic E-state index is 12.0. The normalized spacial score (nSPS) is 16.8. The maximum Gasteiger partial charge on any atom is 0.407 e. The molecule has 1 unspecified atom stereocenters. The molecule has 1 saturated heterocycles. The molecule has 164 valence electrons. The molecule has 0 radical (unpaired) electrons. The summed E-state index contributed by atoms with van der Waals surface area (Å²) < 4.78 is 5.36. The second kappa shape index (κ2) is 11.5. The Bertz CT molecular complexity index is 688. The zero-order valence-corrected chi connectivity index (χ0v) is 20.8. The van der Waals surface area contributed by atoms with Gasteiger partial charge in [-0.2, -0.15) is 0 Å². The first-order chi connectivity index (χ1) is 13.2. The number of benzene rings is 1. The van der Waals surface area contributed by atoms with Crippen LogP contribution >= 0.6 is 24.0 Å². The average Bonchev–Trinajstić information content (AvgIpc) is 3.05. The van der Waals surface area contributed by atoms with Crippen molar-refractivity contribution >= 4 is 41.7 Å². The van der Waals surface area contributed by atoms with Gasteiger partial charge in [-0.3, -0.25) is 0 Å². The van der Waals surface area contributed by atoms with Crippen LogP contribution in [-0.4, -0.2) is 62.3 Å². The van der Waals surface area contributed by atoms with Crippen LogP contribution in [0.3, 0.4) is 0 Å². The third kappa shape index (κ3) is 8.67. The molecule has 0 spiro atoms. The molecule has 0 bridgehead atoms. The maximum atomic E-state index is 12.0. The van der Waals surface area contributed by atoms with Crippen LogP contribution < -0.4 is 15.5 Å². The molecule has 1 amide bonds. The highest BCUT2D eigenvalue weighted by Gasteiger charge is 2.27. The van der Waals surface area contributed by atoms with Crippen molar-refractivity contribution in [3.8, 4) is 0 Å². The largest absolute Gasteiger partial charge is 0.444 e. The summed E-state index contributed by atoms with van der Waals surface area (Å²) in [5.41, 5.74) is 1.85. The Hall–Kier alpha value is -1.71. The smallest absolute Gasteiger partial charge is 0.407 e. The molecule has 0 aliphatic carbocycles. The monoisotopic (exact) mass is 517 g/mol. The van der Waals surface area contributed by atoms with Gasteiger partial charge in [0.25, 0.3) is 0 Å². The number of ether oxygens (including phenoxy) is 1. The van der Waals surface area contributed by atoms with Gasteiger partial charge in [-0.25, -0.2) is 9.79 Å². The van der Waals surface area contributed by atoms with E-state index in [0.717, 1.165) is 32.0 Å². The van der Waals surface area contributed by atoms with E-state index in [9.17, 15) is 4.79 Å². The zero-order chi connectivity index (χ0) is 20.7. The number of anilines is 1. The number of likely N-dealkylation sites (tertiary alicyclic amines) is 1. The summed E-state index contributed by atoms with van der Waals surface area (Å²) in [6.07, 6.45) is 0.515. The predicted octanol–water partition coefficient (Wildman–Crippen LogP) is 3.44. The quantitative estimate of drug-likeness (QED) is 0.356. The van der Waals surface area contributed by atoms with Gasteiger partial charge in [-0.05, 0) is 51.8 Å². The number of rotatable bonds is 5. The van der Waals surface area contributed by atoms with Crippen LogP contribution in [0.15, 0.2) is 29.3 Å². The highest BCUT2D eigenvalue weighted by atomic mass is 127. The van der Waals surface area contributed by atoms with Gasteiger partial charge in [-0.15, -0.1) is 24.0 Å². The number of nitrogens with zero attached hydrogens (tertiary/aromatic N) is 3. The van der Waals surface area contributed by atoms with Crippen molar-refractivity contribution < 1.29 is 9.53 Å². The van der Waals surface area contributed by atoms with Crippen molar-refractivity contribution in [1.29, 1.82) is 0 Å². The van der Waals surface area contributed by atoms with Gasteiger partial charge >= 0.3 is 6.09 Å². The van der Waals surface area contributed by atoms with Crippen LogP contribution in [0.5, 0.6) is 0 Å². The molecule has 1 aromatic rings. The van der Waals surface area contributed by atoms with Crippen LogP contribution in [-0.2, 0) is 11.3 Å². The van der Waals surface area contributed by atoms with Gasteiger partial charge in [0.15, 0.2) is 5.96 Å². The van der Waals surface area contributed by atoms with E-state index < -0.39 is 5.60 Å². The fraction of sp³-hybridized carbons (Fsp3) is 0.619. The first kappa shape index (κ1) is 25.3. The number of guanidine groups is 1. The molecule has 2 rings (SSSR count). The van der Waals surface area contributed by atoms with Crippen molar-refractivity contribution in [2.75, 3.05) is 38.6 Å². The SMILES string of the molecule is CCNC(=NCc1cccc(N(C)C)c1)N1CCC(NC(=O)OC(C)(C)C)C1.I. The third-order valence-electron chi connectivity index (χ3n) is 4.38. The lowest BCUT2D eigenvalue weighted by atomic mass is 10.2. The highest BCUT2D eigenvalue weighted by molar-refractivity contribution is 14.0. The van der Waals surface area contributed by atoms with Gasteiger partial charge < -0.3 is 25.2 Å². The van der Waals surface area contributed by atoms with Crippen LogP contribution in [0.2, 0.25) is 0 Å². The van der Waals surface area contributed by atoms with Crippen molar-refractivity contribution in [2.45, 2.75) is 52.3 Å². The number of alkyl carbamates (subject to hydrolysis) is 1. The van der Waals surface area contributed by atoms with E-state index in [0.29, 0.717) is 6.54 Å². The van der Waals surface area contributed by atoms with E-state index in [4.69, 9.17) is 9.73 Å².